The first-order chi connectivity index (χ1) is 8.18. The summed E-state index contributed by atoms with van der Waals surface area (Å²) in [6.45, 7) is 0.875. The van der Waals surface area contributed by atoms with Gasteiger partial charge in [-0.2, -0.15) is 5.26 Å². The fourth-order valence-electron chi connectivity index (χ4n) is 2.26. The number of rotatable bonds is 4. The van der Waals surface area contributed by atoms with Gasteiger partial charge in [-0.25, -0.2) is 0 Å². The van der Waals surface area contributed by atoms with E-state index in [1.54, 1.807) is 18.5 Å². The van der Waals surface area contributed by atoms with Gasteiger partial charge in [0.25, 0.3) is 0 Å². The number of nitrogens with zero attached hydrogens (tertiary/aromatic N) is 3. The van der Waals surface area contributed by atoms with E-state index in [0.29, 0.717) is 5.56 Å². The summed E-state index contributed by atoms with van der Waals surface area (Å²) in [6, 6.07) is 3.92. The predicted octanol–water partition coefficient (Wildman–Crippen LogP) is 1.85. The van der Waals surface area contributed by atoms with Crippen LogP contribution >= 0.6 is 0 Å². The number of anilines is 1. The predicted molar refractivity (Wildman–Crippen MR) is 67.7 cm³/mol. The van der Waals surface area contributed by atoms with Crippen LogP contribution in [0.4, 0.5) is 5.69 Å². The smallest absolute Gasteiger partial charge is 0.101 e. The van der Waals surface area contributed by atoms with Gasteiger partial charge in [-0.05, 0) is 39.4 Å². The quantitative estimate of drug-likeness (QED) is 0.857. The summed E-state index contributed by atoms with van der Waals surface area (Å²) in [6.07, 6.45) is 7.09. The van der Waals surface area contributed by atoms with E-state index >= 15 is 0 Å². The summed E-state index contributed by atoms with van der Waals surface area (Å²) >= 11 is 0. The Morgan fingerprint density at radius 3 is 2.82 bits per heavy atom. The van der Waals surface area contributed by atoms with Crippen molar-refractivity contribution in [1.29, 1.82) is 5.26 Å². The monoisotopic (exact) mass is 230 g/mol. The van der Waals surface area contributed by atoms with Crippen LogP contribution in [0.3, 0.4) is 0 Å². The minimum absolute atomic E-state index is 0.253. The maximum Gasteiger partial charge on any atom is 0.101 e. The molecule has 17 heavy (non-hydrogen) atoms. The molecule has 0 unspecified atom stereocenters. The van der Waals surface area contributed by atoms with Gasteiger partial charge < -0.3 is 10.2 Å². The second-order valence-electron chi connectivity index (χ2n) is 4.86. The Morgan fingerprint density at radius 1 is 1.53 bits per heavy atom. The molecule has 0 saturated heterocycles. The Hall–Kier alpha value is -1.60. The van der Waals surface area contributed by atoms with Gasteiger partial charge in [0.2, 0.25) is 0 Å². The lowest BCUT2D eigenvalue weighted by Gasteiger charge is -2.47. The Labute approximate surface area is 102 Å². The van der Waals surface area contributed by atoms with Crippen LogP contribution in [0.25, 0.3) is 0 Å². The molecule has 1 heterocycles. The van der Waals surface area contributed by atoms with Gasteiger partial charge in [0.15, 0.2) is 0 Å². The molecule has 0 spiro atoms. The maximum absolute atomic E-state index is 9.00. The van der Waals surface area contributed by atoms with Gasteiger partial charge in [0, 0.05) is 18.3 Å². The van der Waals surface area contributed by atoms with Crippen LogP contribution in [0, 0.1) is 11.3 Å². The van der Waals surface area contributed by atoms with Crippen LogP contribution in [-0.4, -0.2) is 36.1 Å². The molecule has 0 atom stereocenters. The molecule has 0 bridgehead atoms. The summed E-state index contributed by atoms with van der Waals surface area (Å²) in [5.41, 5.74) is 1.75. The van der Waals surface area contributed by atoms with Crippen molar-refractivity contribution >= 4 is 5.69 Å². The standard InChI is InChI=1S/C13H18N4/c1-17(2)13(5-3-6-13)10-16-12-9-15-7-4-11(12)8-14/h4,7,9,16H,3,5-6,10H2,1-2H3. The third-order valence-electron chi connectivity index (χ3n) is 3.78. The van der Waals surface area contributed by atoms with Gasteiger partial charge in [0.1, 0.15) is 6.07 Å². The van der Waals surface area contributed by atoms with Crippen molar-refractivity contribution in [3.63, 3.8) is 0 Å². The molecular formula is C13H18N4. The maximum atomic E-state index is 9.00. The summed E-state index contributed by atoms with van der Waals surface area (Å²) < 4.78 is 0. The fraction of sp³-hybridized carbons (Fsp3) is 0.538. The van der Waals surface area contributed by atoms with Crippen LogP contribution in [-0.2, 0) is 0 Å². The zero-order valence-electron chi connectivity index (χ0n) is 10.4. The van der Waals surface area contributed by atoms with Crippen molar-refractivity contribution in [3.05, 3.63) is 24.0 Å². The van der Waals surface area contributed by atoms with E-state index in [2.05, 4.69) is 35.4 Å². The lowest BCUT2D eigenvalue weighted by molar-refractivity contribution is 0.0739. The molecule has 1 saturated carbocycles. The molecule has 1 fully saturated rings. The first-order valence-electron chi connectivity index (χ1n) is 5.93. The van der Waals surface area contributed by atoms with E-state index in [1.807, 2.05) is 0 Å². The molecule has 1 aliphatic carbocycles. The normalized spacial score (nSPS) is 17.3. The average molecular weight is 230 g/mol. The molecule has 4 heteroatoms. The molecule has 0 amide bonds. The molecule has 1 N–H and O–H groups in total. The highest BCUT2D eigenvalue weighted by Gasteiger charge is 2.38. The van der Waals surface area contributed by atoms with Crippen molar-refractivity contribution in [3.8, 4) is 6.07 Å². The van der Waals surface area contributed by atoms with Crippen molar-refractivity contribution < 1.29 is 0 Å². The van der Waals surface area contributed by atoms with Crippen LogP contribution in [0.5, 0.6) is 0 Å². The minimum atomic E-state index is 0.253. The van der Waals surface area contributed by atoms with Gasteiger partial charge >= 0.3 is 0 Å². The number of hydrogen-bond acceptors (Lipinski definition) is 4. The number of hydrogen-bond donors (Lipinski definition) is 1. The van der Waals surface area contributed by atoms with E-state index in [-0.39, 0.29) is 5.54 Å². The average Bonchev–Trinajstić information content (AvgIpc) is 2.27. The Bertz CT molecular complexity index is 429. The Kier molecular flexibility index (Phi) is 3.30. The fourth-order valence-corrected chi connectivity index (χ4v) is 2.26. The van der Waals surface area contributed by atoms with Crippen molar-refractivity contribution in [2.75, 3.05) is 26.0 Å². The van der Waals surface area contributed by atoms with E-state index in [0.717, 1.165) is 12.2 Å². The molecule has 4 nitrogen and oxygen atoms in total. The number of likely N-dealkylation sites (N-methyl/N-ethyl adjacent to an activating group) is 1. The van der Waals surface area contributed by atoms with Gasteiger partial charge in [-0.3, -0.25) is 4.98 Å². The topological polar surface area (TPSA) is 52.0 Å². The molecule has 1 aromatic rings. The molecular weight excluding hydrogens is 212 g/mol. The van der Waals surface area contributed by atoms with E-state index < -0.39 is 0 Å². The summed E-state index contributed by atoms with van der Waals surface area (Å²) in [5.74, 6) is 0. The lowest BCUT2D eigenvalue weighted by atomic mass is 9.75. The second-order valence-corrected chi connectivity index (χ2v) is 4.86. The number of aromatic nitrogens is 1. The molecule has 0 aliphatic heterocycles. The van der Waals surface area contributed by atoms with Crippen molar-refractivity contribution in [1.82, 2.24) is 9.88 Å². The summed E-state index contributed by atoms with van der Waals surface area (Å²) in [7, 11) is 4.24. The largest absolute Gasteiger partial charge is 0.381 e. The minimum Gasteiger partial charge on any atom is -0.381 e. The molecule has 0 aromatic carbocycles. The zero-order valence-corrected chi connectivity index (χ0v) is 10.4. The number of nitrogens with one attached hydrogen (secondary N) is 1. The number of pyridine rings is 1. The van der Waals surface area contributed by atoms with E-state index in [1.165, 1.54) is 19.3 Å². The first kappa shape index (κ1) is 11.9. The zero-order chi connectivity index (χ0) is 12.3. The highest BCUT2D eigenvalue weighted by molar-refractivity contribution is 5.55. The van der Waals surface area contributed by atoms with Gasteiger partial charge in [-0.1, -0.05) is 0 Å². The molecule has 1 aliphatic rings. The number of nitriles is 1. The van der Waals surface area contributed by atoms with Crippen LogP contribution in [0.2, 0.25) is 0 Å². The van der Waals surface area contributed by atoms with Crippen molar-refractivity contribution in [2.24, 2.45) is 0 Å². The third-order valence-corrected chi connectivity index (χ3v) is 3.78. The molecule has 2 rings (SSSR count). The summed E-state index contributed by atoms with van der Waals surface area (Å²) in [4.78, 5) is 6.34. The van der Waals surface area contributed by atoms with E-state index in [9.17, 15) is 0 Å². The van der Waals surface area contributed by atoms with Gasteiger partial charge in [0.05, 0.1) is 17.4 Å². The highest BCUT2D eigenvalue weighted by atomic mass is 15.2. The molecule has 90 valence electrons. The summed E-state index contributed by atoms with van der Waals surface area (Å²) in [5, 5.41) is 12.4. The Balaban J connectivity index is 2.05. The van der Waals surface area contributed by atoms with Gasteiger partial charge in [-0.15, -0.1) is 0 Å². The third kappa shape index (κ3) is 2.25. The second kappa shape index (κ2) is 4.72. The van der Waals surface area contributed by atoms with Crippen LogP contribution in [0.15, 0.2) is 18.5 Å². The SMILES string of the molecule is CN(C)C1(CNc2cnccc2C#N)CCC1. The van der Waals surface area contributed by atoms with E-state index in [4.69, 9.17) is 5.26 Å². The Morgan fingerprint density at radius 2 is 2.29 bits per heavy atom. The van der Waals surface area contributed by atoms with Crippen molar-refractivity contribution in [2.45, 2.75) is 24.8 Å². The lowest BCUT2D eigenvalue weighted by Crippen LogP contribution is -2.54. The molecule has 1 aromatic heterocycles. The first-order valence-corrected chi connectivity index (χ1v) is 5.93. The molecule has 0 radical (unpaired) electrons. The van der Waals surface area contributed by atoms with Crippen LogP contribution in [0.1, 0.15) is 24.8 Å². The van der Waals surface area contributed by atoms with Crippen LogP contribution < -0.4 is 5.32 Å². The highest BCUT2D eigenvalue weighted by Crippen LogP contribution is 2.36.